The molecule has 0 unspecified atom stereocenters. The van der Waals surface area contributed by atoms with Crippen molar-refractivity contribution in [1.29, 1.82) is 0 Å². The number of hydrogen-bond acceptors (Lipinski definition) is 6. The standard InChI is InChI=1S/C17H21N3O3/c1-20(2)13-7-5-12(6-8-13)11-18-15-10-9-14(17(21)23-4)16(19-15)22-3/h5-10H,11H2,1-4H3,(H,18,19). The van der Waals surface area contributed by atoms with E-state index in [1.54, 1.807) is 12.1 Å². The van der Waals surface area contributed by atoms with Gasteiger partial charge in [-0.1, -0.05) is 12.1 Å². The van der Waals surface area contributed by atoms with E-state index in [-0.39, 0.29) is 5.88 Å². The molecule has 6 heteroatoms. The van der Waals surface area contributed by atoms with Gasteiger partial charge in [0, 0.05) is 26.3 Å². The topological polar surface area (TPSA) is 63.7 Å². The Morgan fingerprint density at radius 2 is 1.83 bits per heavy atom. The quantitative estimate of drug-likeness (QED) is 0.827. The van der Waals surface area contributed by atoms with Crippen molar-refractivity contribution in [2.24, 2.45) is 0 Å². The normalized spacial score (nSPS) is 10.1. The van der Waals surface area contributed by atoms with E-state index in [2.05, 4.69) is 39.5 Å². The summed E-state index contributed by atoms with van der Waals surface area (Å²) in [6.45, 7) is 0.626. The molecule has 1 aromatic heterocycles. The first-order chi connectivity index (χ1) is 11.0. The molecule has 0 aliphatic carbocycles. The van der Waals surface area contributed by atoms with Crippen molar-refractivity contribution in [2.75, 3.05) is 38.5 Å². The predicted octanol–water partition coefficient (Wildman–Crippen LogP) is 2.55. The summed E-state index contributed by atoms with van der Waals surface area (Å²) in [7, 11) is 6.81. The number of nitrogens with zero attached hydrogens (tertiary/aromatic N) is 2. The zero-order chi connectivity index (χ0) is 16.8. The van der Waals surface area contributed by atoms with Gasteiger partial charge in [0.05, 0.1) is 14.2 Å². The number of methoxy groups -OCH3 is 2. The molecule has 1 aromatic carbocycles. The zero-order valence-electron chi connectivity index (χ0n) is 13.8. The maximum atomic E-state index is 11.6. The van der Waals surface area contributed by atoms with E-state index in [1.807, 2.05) is 14.1 Å². The molecule has 0 atom stereocenters. The Hall–Kier alpha value is -2.76. The second-order valence-corrected chi connectivity index (χ2v) is 5.16. The van der Waals surface area contributed by atoms with Crippen molar-refractivity contribution in [1.82, 2.24) is 4.98 Å². The van der Waals surface area contributed by atoms with Gasteiger partial charge >= 0.3 is 5.97 Å². The summed E-state index contributed by atoms with van der Waals surface area (Å²) in [6, 6.07) is 11.6. The van der Waals surface area contributed by atoms with Crippen LogP contribution in [0.3, 0.4) is 0 Å². The number of carbonyl (C=O) groups is 1. The van der Waals surface area contributed by atoms with Crippen LogP contribution in [0.2, 0.25) is 0 Å². The summed E-state index contributed by atoms with van der Waals surface area (Å²) in [6.07, 6.45) is 0. The number of hydrogen-bond donors (Lipinski definition) is 1. The van der Waals surface area contributed by atoms with Crippen molar-refractivity contribution >= 4 is 17.5 Å². The van der Waals surface area contributed by atoms with Gasteiger partial charge in [-0.25, -0.2) is 4.79 Å². The lowest BCUT2D eigenvalue weighted by Gasteiger charge is -2.13. The van der Waals surface area contributed by atoms with Crippen LogP contribution in [-0.4, -0.2) is 39.3 Å². The molecule has 0 spiro atoms. The van der Waals surface area contributed by atoms with Crippen LogP contribution in [-0.2, 0) is 11.3 Å². The molecule has 6 nitrogen and oxygen atoms in total. The molecule has 122 valence electrons. The summed E-state index contributed by atoms with van der Waals surface area (Å²) in [4.78, 5) is 17.9. The highest BCUT2D eigenvalue weighted by atomic mass is 16.5. The Morgan fingerprint density at radius 3 is 2.39 bits per heavy atom. The second-order valence-electron chi connectivity index (χ2n) is 5.16. The van der Waals surface area contributed by atoms with Crippen LogP contribution in [0.5, 0.6) is 5.88 Å². The van der Waals surface area contributed by atoms with E-state index < -0.39 is 5.97 Å². The van der Waals surface area contributed by atoms with Gasteiger partial charge in [0.1, 0.15) is 11.4 Å². The van der Waals surface area contributed by atoms with Gasteiger partial charge in [0.25, 0.3) is 0 Å². The highest BCUT2D eigenvalue weighted by Gasteiger charge is 2.14. The minimum Gasteiger partial charge on any atom is -0.480 e. The average Bonchev–Trinajstić information content (AvgIpc) is 2.59. The maximum Gasteiger partial charge on any atom is 0.343 e. The van der Waals surface area contributed by atoms with Gasteiger partial charge in [0.2, 0.25) is 5.88 Å². The first-order valence-electron chi connectivity index (χ1n) is 7.18. The predicted molar refractivity (Wildman–Crippen MR) is 90.2 cm³/mol. The number of esters is 1. The highest BCUT2D eigenvalue weighted by Crippen LogP contribution is 2.20. The van der Waals surface area contributed by atoms with Gasteiger partial charge in [0.15, 0.2) is 0 Å². The van der Waals surface area contributed by atoms with E-state index in [0.29, 0.717) is 17.9 Å². The fourth-order valence-corrected chi connectivity index (χ4v) is 2.06. The van der Waals surface area contributed by atoms with Crippen molar-refractivity contribution in [2.45, 2.75) is 6.54 Å². The first kappa shape index (κ1) is 16.6. The van der Waals surface area contributed by atoms with Gasteiger partial charge in [-0.05, 0) is 29.8 Å². The zero-order valence-corrected chi connectivity index (χ0v) is 13.8. The molecule has 0 amide bonds. The largest absolute Gasteiger partial charge is 0.480 e. The summed E-state index contributed by atoms with van der Waals surface area (Å²) in [5.74, 6) is 0.399. The van der Waals surface area contributed by atoms with Crippen LogP contribution in [0.4, 0.5) is 11.5 Å². The van der Waals surface area contributed by atoms with Crippen LogP contribution >= 0.6 is 0 Å². The average molecular weight is 315 g/mol. The SMILES string of the molecule is COC(=O)c1ccc(NCc2ccc(N(C)C)cc2)nc1OC. The molecule has 23 heavy (non-hydrogen) atoms. The fraction of sp³-hybridized carbons (Fsp3) is 0.294. The van der Waals surface area contributed by atoms with Crippen LogP contribution < -0.4 is 15.0 Å². The molecular weight excluding hydrogens is 294 g/mol. The molecule has 0 radical (unpaired) electrons. The molecule has 0 saturated heterocycles. The Bertz CT molecular complexity index is 669. The molecule has 0 saturated carbocycles. The van der Waals surface area contributed by atoms with E-state index >= 15 is 0 Å². The first-order valence-corrected chi connectivity index (χ1v) is 7.18. The number of nitrogens with one attached hydrogen (secondary N) is 1. The molecular formula is C17H21N3O3. The van der Waals surface area contributed by atoms with Gasteiger partial charge in [-0.3, -0.25) is 0 Å². The number of ether oxygens (including phenoxy) is 2. The van der Waals surface area contributed by atoms with E-state index in [9.17, 15) is 4.79 Å². The van der Waals surface area contributed by atoms with E-state index in [1.165, 1.54) is 14.2 Å². The number of anilines is 2. The summed E-state index contributed by atoms with van der Waals surface area (Å²) >= 11 is 0. The van der Waals surface area contributed by atoms with Crippen molar-refractivity contribution in [3.8, 4) is 5.88 Å². The number of rotatable bonds is 6. The number of pyridine rings is 1. The Kier molecular flexibility index (Phi) is 5.41. The number of benzene rings is 1. The molecule has 2 rings (SSSR count). The molecule has 2 aromatic rings. The molecule has 1 N–H and O–H groups in total. The van der Waals surface area contributed by atoms with Crippen molar-refractivity contribution in [3.05, 3.63) is 47.5 Å². The highest BCUT2D eigenvalue weighted by molar-refractivity contribution is 5.92. The monoisotopic (exact) mass is 315 g/mol. The maximum absolute atomic E-state index is 11.6. The minimum absolute atomic E-state index is 0.241. The second kappa shape index (κ2) is 7.49. The number of aromatic nitrogens is 1. The van der Waals surface area contributed by atoms with Crippen LogP contribution in [0.1, 0.15) is 15.9 Å². The Labute approximate surface area is 136 Å². The Balaban J connectivity index is 2.07. The third-order valence-corrected chi connectivity index (χ3v) is 3.39. The van der Waals surface area contributed by atoms with E-state index in [0.717, 1.165) is 11.3 Å². The number of carbonyl (C=O) groups excluding carboxylic acids is 1. The van der Waals surface area contributed by atoms with Gasteiger partial charge in [-0.15, -0.1) is 0 Å². The lowest BCUT2D eigenvalue weighted by molar-refractivity contribution is 0.0596. The fourth-order valence-electron chi connectivity index (χ4n) is 2.06. The smallest absolute Gasteiger partial charge is 0.343 e. The van der Waals surface area contributed by atoms with Gasteiger partial charge < -0.3 is 19.7 Å². The molecule has 0 aliphatic rings. The molecule has 0 bridgehead atoms. The summed E-state index contributed by atoms with van der Waals surface area (Å²) in [5, 5.41) is 3.21. The van der Waals surface area contributed by atoms with Gasteiger partial charge in [-0.2, -0.15) is 4.98 Å². The third-order valence-electron chi connectivity index (χ3n) is 3.39. The van der Waals surface area contributed by atoms with Crippen LogP contribution in [0.15, 0.2) is 36.4 Å². The lowest BCUT2D eigenvalue weighted by atomic mass is 10.2. The molecule has 0 fully saturated rings. The van der Waals surface area contributed by atoms with Crippen LogP contribution in [0, 0.1) is 0 Å². The third kappa shape index (κ3) is 4.12. The molecule has 0 aliphatic heterocycles. The Morgan fingerprint density at radius 1 is 1.13 bits per heavy atom. The summed E-state index contributed by atoms with van der Waals surface area (Å²) in [5.41, 5.74) is 2.58. The van der Waals surface area contributed by atoms with E-state index in [4.69, 9.17) is 9.47 Å². The van der Waals surface area contributed by atoms with Crippen molar-refractivity contribution < 1.29 is 14.3 Å². The minimum atomic E-state index is -0.472. The van der Waals surface area contributed by atoms with Crippen molar-refractivity contribution in [3.63, 3.8) is 0 Å². The summed E-state index contributed by atoms with van der Waals surface area (Å²) < 4.78 is 9.84. The molecule has 1 heterocycles. The van der Waals surface area contributed by atoms with Crippen LogP contribution in [0.25, 0.3) is 0 Å². The lowest BCUT2D eigenvalue weighted by Crippen LogP contribution is -2.09.